The van der Waals surface area contributed by atoms with Crippen LogP contribution in [0.15, 0.2) is 6.07 Å². The van der Waals surface area contributed by atoms with Crippen molar-refractivity contribution in [2.45, 2.75) is 32.0 Å². The maximum absolute atomic E-state index is 12.5. The number of alkyl halides is 3. The summed E-state index contributed by atoms with van der Waals surface area (Å²) < 4.78 is 38.4. The monoisotopic (exact) mass is 393 g/mol. The van der Waals surface area contributed by atoms with Crippen LogP contribution in [0.25, 0.3) is 9.53 Å². The van der Waals surface area contributed by atoms with Crippen molar-refractivity contribution in [3.05, 3.63) is 10.9 Å². The molecule has 3 heterocycles. The number of rotatable bonds is 5. The van der Waals surface area contributed by atoms with E-state index in [2.05, 4.69) is 9.88 Å². The standard InChI is InChI=1S/C15H18F3N3O2S2/c1-2-20(8-11(22)15(16,17)18)13(23)10-7-9-12(24-10)19-14(25-9)21-5-3-4-6-21/h7,11,22H,2-6,8H2,1H3. The number of aromatic nitrogens is 1. The summed E-state index contributed by atoms with van der Waals surface area (Å²) in [6, 6.07) is 1.68. The first kappa shape index (κ1) is 18.4. The predicted octanol–water partition coefficient (Wildman–Crippen LogP) is 3.34. The quantitative estimate of drug-likeness (QED) is 0.847. The zero-order valence-corrected chi connectivity index (χ0v) is 15.2. The van der Waals surface area contributed by atoms with Gasteiger partial charge in [-0.1, -0.05) is 11.3 Å². The molecule has 0 bridgehead atoms. The predicted molar refractivity (Wildman–Crippen MR) is 92.6 cm³/mol. The topological polar surface area (TPSA) is 56.7 Å². The third-order valence-corrected chi connectivity index (χ3v) is 6.31. The minimum absolute atomic E-state index is 0.0873. The first-order valence-electron chi connectivity index (χ1n) is 7.99. The van der Waals surface area contributed by atoms with Crippen LogP contribution in [0.4, 0.5) is 18.3 Å². The van der Waals surface area contributed by atoms with E-state index in [0.29, 0.717) is 4.88 Å². The number of hydrogen-bond acceptors (Lipinski definition) is 6. The van der Waals surface area contributed by atoms with Crippen LogP contribution in [-0.4, -0.2) is 59.4 Å². The lowest BCUT2D eigenvalue weighted by atomic mass is 10.3. The second-order valence-electron chi connectivity index (χ2n) is 5.87. The van der Waals surface area contributed by atoms with Gasteiger partial charge < -0.3 is 14.9 Å². The SMILES string of the molecule is CCN(CC(O)C(F)(F)F)C(=O)c1cc2sc(N3CCCC3)nc2s1. The van der Waals surface area contributed by atoms with Crippen molar-refractivity contribution in [1.29, 1.82) is 0 Å². The zero-order chi connectivity index (χ0) is 18.2. The molecule has 0 aliphatic carbocycles. The number of carbonyl (C=O) groups excluding carboxylic acids is 1. The summed E-state index contributed by atoms with van der Waals surface area (Å²) in [6.45, 7) is 2.86. The van der Waals surface area contributed by atoms with Crippen LogP contribution in [0, 0.1) is 0 Å². The Morgan fingerprint density at radius 1 is 1.40 bits per heavy atom. The Morgan fingerprint density at radius 2 is 2.08 bits per heavy atom. The van der Waals surface area contributed by atoms with Crippen molar-refractivity contribution in [2.24, 2.45) is 0 Å². The molecule has 0 radical (unpaired) electrons. The number of thiazole rings is 1. The lowest BCUT2D eigenvalue weighted by Crippen LogP contribution is -2.43. The third kappa shape index (κ3) is 3.90. The van der Waals surface area contributed by atoms with E-state index in [0.717, 1.165) is 45.5 Å². The highest BCUT2D eigenvalue weighted by atomic mass is 32.1. The number of thiophene rings is 1. The van der Waals surface area contributed by atoms with Gasteiger partial charge in [-0.2, -0.15) is 13.2 Å². The molecule has 2 aromatic rings. The lowest BCUT2D eigenvalue weighted by Gasteiger charge is -2.24. The lowest BCUT2D eigenvalue weighted by molar-refractivity contribution is -0.206. The molecule has 10 heteroatoms. The number of nitrogens with zero attached hydrogens (tertiary/aromatic N) is 3. The second-order valence-corrected chi connectivity index (χ2v) is 7.91. The normalized spacial score (nSPS) is 16.6. The van der Waals surface area contributed by atoms with E-state index in [9.17, 15) is 23.1 Å². The first-order valence-corrected chi connectivity index (χ1v) is 9.62. The maximum atomic E-state index is 12.5. The number of anilines is 1. The van der Waals surface area contributed by atoms with Crippen molar-refractivity contribution in [2.75, 3.05) is 31.1 Å². The van der Waals surface area contributed by atoms with Gasteiger partial charge in [0.25, 0.3) is 5.91 Å². The molecule has 1 unspecified atom stereocenters. The van der Waals surface area contributed by atoms with Crippen LogP contribution in [-0.2, 0) is 0 Å². The van der Waals surface area contributed by atoms with E-state index in [1.807, 2.05) is 0 Å². The number of aliphatic hydroxyl groups excluding tert-OH is 1. The Bertz CT molecular complexity index is 721. The van der Waals surface area contributed by atoms with Gasteiger partial charge in [-0.3, -0.25) is 4.79 Å². The maximum Gasteiger partial charge on any atom is 0.416 e. The van der Waals surface area contributed by atoms with Gasteiger partial charge in [-0.25, -0.2) is 4.98 Å². The minimum Gasteiger partial charge on any atom is -0.382 e. The van der Waals surface area contributed by atoms with Gasteiger partial charge in [-0.05, 0) is 25.8 Å². The number of carbonyl (C=O) groups is 1. The van der Waals surface area contributed by atoms with Gasteiger partial charge in [0.05, 0.1) is 16.1 Å². The average molecular weight is 393 g/mol. The molecule has 2 aromatic heterocycles. The summed E-state index contributed by atoms with van der Waals surface area (Å²) in [5.74, 6) is -0.510. The van der Waals surface area contributed by atoms with Gasteiger partial charge in [0, 0.05) is 19.6 Å². The molecule has 1 N–H and O–H groups in total. The average Bonchev–Trinajstić information content (AvgIpc) is 3.24. The highest BCUT2D eigenvalue weighted by Crippen LogP contribution is 2.36. The number of halogens is 3. The highest BCUT2D eigenvalue weighted by molar-refractivity contribution is 7.29. The number of amides is 1. The van der Waals surface area contributed by atoms with E-state index >= 15 is 0 Å². The molecule has 1 atom stereocenters. The number of hydrogen-bond donors (Lipinski definition) is 1. The molecule has 0 saturated carbocycles. The molecule has 3 rings (SSSR count). The fraction of sp³-hybridized carbons (Fsp3) is 0.600. The minimum atomic E-state index is -4.74. The van der Waals surface area contributed by atoms with Crippen LogP contribution in [0.2, 0.25) is 0 Å². The molecule has 5 nitrogen and oxygen atoms in total. The van der Waals surface area contributed by atoms with Crippen molar-refractivity contribution >= 4 is 43.2 Å². The first-order chi connectivity index (χ1) is 11.8. The number of likely N-dealkylation sites (N-methyl/N-ethyl adjacent to an activating group) is 1. The molecule has 1 saturated heterocycles. The molecular weight excluding hydrogens is 375 g/mol. The van der Waals surface area contributed by atoms with Crippen molar-refractivity contribution in [1.82, 2.24) is 9.88 Å². The summed E-state index contributed by atoms with van der Waals surface area (Å²) in [5, 5.41) is 10.1. The molecule has 0 spiro atoms. The largest absolute Gasteiger partial charge is 0.416 e. The second kappa shape index (κ2) is 7.08. The van der Waals surface area contributed by atoms with Gasteiger partial charge in [0.15, 0.2) is 11.2 Å². The van der Waals surface area contributed by atoms with Gasteiger partial charge in [-0.15, -0.1) is 11.3 Å². The summed E-state index contributed by atoms with van der Waals surface area (Å²) >= 11 is 2.68. The zero-order valence-electron chi connectivity index (χ0n) is 13.5. The molecule has 1 amide bonds. The summed E-state index contributed by atoms with van der Waals surface area (Å²) in [7, 11) is 0. The fourth-order valence-corrected chi connectivity index (χ4v) is 4.93. The van der Waals surface area contributed by atoms with Crippen LogP contribution >= 0.6 is 22.7 Å². The molecule has 1 aliphatic heterocycles. The smallest absolute Gasteiger partial charge is 0.382 e. The van der Waals surface area contributed by atoms with E-state index in [1.165, 1.54) is 22.7 Å². The number of aliphatic hydroxyl groups is 1. The molecule has 1 fully saturated rings. The van der Waals surface area contributed by atoms with Crippen LogP contribution in [0.1, 0.15) is 29.4 Å². The molecule has 138 valence electrons. The van der Waals surface area contributed by atoms with Crippen molar-refractivity contribution in [3.8, 4) is 0 Å². The van der Waals surface area contributed by atoms with E-state index in [4.69, 9.17) is 0 Å². The Labute approximate surface area is 150 Å². The van der Waals surface area contributed by atoms with Crippen LogP contribution in [0.3, 0.4) is 0 Å². The van der Waals surface area contributed by atoms with Gasteiger partial charge in [0.1, 0.15) is 4.83 Å². The van der Waals surface area contributed by atoms with Crippen LogP contribution < -0.4 is 4.90 Å². The highest BCUT2D eigenvalue weighted by Gasteiger charge is 2.40. The third-order valence-electron chi connectivity index (χ3n) is 4.11. The van der Waals surface area contributed by atoms with E-state index in [-0.39, 0.29) is 6.54 Å². The van der Waals surface area contributed by atoms with Crippen LogP contribution in [0.5, 0.6) is 0 Å². The number of fused-ring (bicyclic) bond motifs is 1. The van der Waals surface area contributed by atoms with E-state index < -0.39 is 24.7 Å². The summed E-state index contributed by atoms with van der Waals surface area (Å²) in [4.78, 5) is 21.3. The Kier molecular flexibility index (Phi) is 5.21. The molecule has 0 aromatic carbocycles. The Balaban J connectivity index is 1.75. The van der Waals surface area contributed by atoms with Crippen molar-refractivity contribution < 1.29 is 23.1 Å². The molecule has 1 aliphatic rings. The summed E-state index contributed by atoms with van der Waals surface area (Å²) in [5.41, 5.74) is 0. The molecular formula is C15H18F3N3O2S2. The molecule has 25 heavy (non-hydrogen) atoms. The van der Waals surface area contributed by atoms with Gasteiger partial charge in [0.2, 0.25) is 0 Å². The van der Waals surface area contributed by atoms with Crippen molar-refractivity contribution in [3.63, 3.8) is 0 Å². The fourth-order valence-electron chi connectivity index (χ4n) is 2.70. The Morgan fingerprint density at radius 3 is 2.64 bits per heavy atom. The van der Waals surface area contributed by atoms with E-state index in [1.54, 1.807) is 13.0 Å². The van der Waals surface area contributed by atoms with Gasteiger partial charge >= 0.3 is 6.18 Å². The Hall–Kier alpha value is -1.39. The summed E-state index contributed by atoms with van der Waals surface area (Å²) in [6.07, 6.45) is -5.00.